The van der Waals surface area contributed by atoms with Crippen molar-refractivity contribution in [2.75, 3.05) is 0 Å². The van der Waals surface area contributed by atoms with Crippen LogP contribution in [0.15, 0.2) is 0 Å². The molecule has 82 valence electrons. The summed E-state index contributed by atoms with van der Waals surface area (Å²) in [4.78, 5) is 11.9. The van der Waals surface area contributed by atoms with E-state index in [-0.39, 0.29) is 10.8 Å². The van der Waals surface area contributed by atoms with E-state index in [0.717, 1.165) is 12.8 Å². The lowest BCUT2D eigenvalue weighted by Gasteiger charge is -2.03. The van der Waals surface area contributed by atoms with Gasteiger partial charge >= 0.3 is 0 Å². The highest BCUT2D eigenvalue weighted by molar-refractivity contribution is 5.86. The standard InChI is InChI=1S/C13H24O/c1-6-7-8-9-10(14)11-12(2,3)13(11,4)5/h11H,6-9H2,1-5H3. The van der Waals surface area contributed by atoms with Crippen molar-refractivity contribution in [3.63, 3.8) is 0 Å². The molecular weight excluding hydrogens is 172 g/mol. The van der Waals surface area contributed by atoms with E-state index >= 15 is 0 Å². The van der Waals surface area contributed by atoms with Gasteiger partial charge in [-0.2, -0.15) is 0 Å². The van der Waals surface area contributed by atoms with Gasteiger partial charge < -0.3 is 0 Å². The van der Waals surface area contributed by atoms with Crippen LogP contribution < -0.4 is 0 Å². The molecule has 1 rings (SSSR count). The highest BCUT2D eigenvalue weighted by Gasteiger charge is 2.67. The second-order valence-electron chi connectivity index (χ2n) is 5.80. The number of hydrogen-bond acceptors (Lipinski definition) is 1. The summed E-state index contributed by atoms with van der Waals surface area (Å²) >= 11 is 0. The van der Waals surface area contributed by atoms with Crippen LogP contribution in [0.1, 0.15) is 60.3 Å². The summed E-state index contributed by atoms with van der Waals surface area (Å²) in [5, 5.41) is 0. The molecular formula is C13H24O. The van der Waals surface area contributed by atoms with Gasteiger partial charge in [-0.25, -0.2) is 0 Å². The first-order valence-electron chi connectivity index (χ1n) is 5.88. The molecule has 1 aliphatic carbocycles. The highest BCUT2D eigenvalue weighted by Crippen LogP contribution is 2.68. The van der Waals surface area contributed by atoms with Gasteiger partial charge in [0.1, 0.15) is 5.78 Å². The van der Waals surface area contributed by atoms with Gasteiger partial charge in [0, 0.05) is 12.3 Å². The van der Waals surface area contributed by atoms with E-state index in [0.29, 0.717) is 11.7 Å². The van der Waals surface area contributed by atoms with Crippen molar-refractivity contribution in [2.45, 2.75) is 60.3 Å². The highest BCUT2D eigenvalue weighted by atomic mass is 16.1. The molecule has 0 aromatic carbocycles. The fourth-order valence-corrected chi connectivity index (χ4v) is 2.69. The van der Waals surface area contributed by atoms with Crippen molar-refractivity contribution < 1.29 is 4.79 Å². The van der Waals surface area contributed by atoms with Crippen LogP contribution >= 0.6 is 0 Å². The Kier molecular flexibility index (Phi) is 3.08. The van der Waals surface area contributed by atoms with Gasteiger partial charge in [0.15, 0.2) is 0 Å². The number of Topliss-reactive ketones (excluding diaryl/α,β-unsaturated/α-hetero) is 1. The molecule has 0 amide bonds. The Morgan fingerprint density at radius 2 is 1.57 bits per heavy atom. The number of ketones is 1. The molecule has 0 spiro atoms. The molecule has 0 aliphatic heterocycles. The van der Waals surface area contributed by atoms with Crippen LogP contribution in [0.2, 0.25) is 0 Å². The van der Waals surface area contributed by atoms with Gasteiger partial charge in [0.25, 0.3) is 0 Å². The maximum Gasteiger partial charge on any atom is 0.137 e. The van der Waals surface area contributed by atoms with Gasteiger partial charge in [0.05, 0.1) is 0 Å². The van der Waals surface area contributed by atoms with E-state index < -0.39 is 0 Å². The minimum atomic E-state index is 0.232. The minimum Gasteiger partial charge on any atom is -0.299 e. The zero-order valence-electron chi connectivity index (χ0n) is 10.3. The monoisotopic (exact) mass is 196 g/mol. The topological polar surface area (TPSA) is 17.1 Å². The smallest absolute Gasteiger partial charge is 0.137 e. The molecule has 0 radical (unpaired) electrons. The second kappa shape index (κ2) is 3.67. The van der Waals surface area contributed by atoms with Gasteiger partial charge in [-0.05, 0) is 17.3 Å². The molecule has 0 N–H and O–H groups in total. The largest absolute Gasteiger partial charge is 0.299 e. The van der Waals surface area contributed by atoms with Crippen molar-refractivity contribution in [3.8, 4) is 0 Å². The molecule has 0 bridgehead atoms. The van der Waals surface area contributed by atoms with Crippen molar-refractivity contribution in [2.24, 2.45) is 16.7 Å². The maximum absolute atomic E-state index is 11.9. The van der Waals surface area contributed by atoms with Gasteiger partial charge in [-0.15, -0.1) is 0 Å². The van der Waals surface area contributed by atoms with Crippen molar-refractivity contribution in [1.82, 2.24) is 0 Å². The minimum absolute atomic E-state index is 0.232. The average molecular weight is 196 g/mol. The summed E-state index contributed by atoms with van der Waals surface area (Å²) in [5.41, 5.74) is 0.465. The third kappa shape index (κ3) is 1.74. The van der Waals surface area contributed by atoms with E-state index in [1.165, 1.54) is 12.8 Å². The van der Waals surface area contributed by atoms with Gasteiger partial charge in [-0.3, -0.25) is 4.79 Å². The molecule has 0 heterocycles. The Balaban J connectivity index is 2.42. The Bertz CT molecular complexity index is 211. The summed E-state index contributed by atoms with van der Waals surface area (Å²) in [6.45, 7) is 11.0. The van der Waals surface area contributed by atoms with E-state index in [4.69, 9.17) is 0 Å². The fourth-order valence-electron chi connectivity index (χ4n) is 2.69. The normalized spacial score (nSPS) is 23.5. The summed E-state index contributed by atoms with van der Waals surface area (Å²) in [7, 11) is 0. The first-order valence-corrected chi connectivity index (χ1v) is 5.88. The maximum atomic E-state index is 11.9. The van der Waals surface area contributed by atoms with Crippen LogP contribution in [0.4, 0.5) is 0 Å². The Morgan fingerprint density at radius 1 is 1.07 bits per heavy atom. The predicted molar refractivity (Wildman–Crippen MR) is 60.2 cm³/mol. The van der Waals surface area contributed by atoms with E-state index in [2.05, 4.69) is 34.6 Å². The lowest BCUT2D eigenvalue weighted by Crippen LogP contribution is -2.06. The van der Waals surface area contributed by atoms with Crippen LogP contribution in [0.25, 0.3) is 0 Å². The summed E-state index contributed by atoms with van der Waals surface area (Å²) in [5.74, 6) is 0.806. The number of unbranched alkanes of at least 4 members (excludes halogenated alkanes) is 2. The lowest BCUT2D eigenvalue weighted by atomic mass is 10.0. The molecule has 1 heteroatoms. The molecule has 0 saturated heterocycles. The summed E-state index contributed by atoms with van der Waals surface area (Å²) in [6.07, 6.45) is 4.27. The Hall–Kier alpha value is -0.330. The van der Waals surface area contributed by atoms with Crippen molar-refractivity contribution in [1.29, 1.82) is 0 Å². The predicted octanol–water partition coefficient (Wildman–Crippen LogP) is 3.82. The zero-order chi connectivity index (χ0) is 11.0. The van der Waals surface area contributed by atoms with Crippen LogP contribution in [0.5, 0.6) is 0 Å². The molecule has 1 nitrogen and oxygen atoms in total. The molecule has 0 atom stereocenters. The van der Waals surface area contributed by atoms with Crippen LogP contribution in [0.3, 0.4) is 0 Å². The third-order valence-electron chi connectivity index (χ3n) is 4.37. The first kappa shape index (κ1) is 11.7. The third-order valence-corrected chi connectivity index (χ3v) is 4.37. The molecule has 0 unspecified atom stereocenters. The molecule has 0 aromatic heterocycles. The average Bonchev–Trinajstić information content (AvgIpc) is 2.43. The zero-order valence-corrected chi connectivity index (χ0v) is 10.3. The number of rotatable bonds is 5. The summed E-state index contributed by atoms with van der Waals surface area (Å²) < 4.78 is 0. The Labute approximate surface area is 88.3 Å². The fraction of sp³-hybridized carbons (Fsp3) is 0.923. The Morgan fingerprint density at radius 3 is 1.93 bits per heavy atom. The van der Waals surface area contributed by atoms with E-state index in [9.17, 15) is 4.79 Å². The molecule has 14 heavy (non-hydrogen) atoms. The molecule has 0 aromatic rings. The first-order chi connectivity index (χ1) is 6.35. The van der Waals surface area contributed by atoms with E-state index in [1.54, 1.807) is 0 Å². The van der Waals surface area contributed by atoms with Crippen LogP contribution in [0, 0.1) is 16.7 Å². The SMILES string of the molecule is CCCCCC(=O)C1C(C)(C)C1(C)C. The van der Waals surface area contributed by atoms with Gasteiger partial charge in [-0.1, -0.05) is 47.5 Å². The van der Waals surface area contributed by atoms with Crippen LogP contribution in [-0.2, 0) is 4.79 Å². The van der Waals surface area contributed by atoms with Crippen molar-refractivity contribution in [3.05, 3.63) is 0 Å². The van der Waals surface area contributed by atoms with Gasteiger partial charge in [0.2, 0.25) is 0 Å². The molecule has 1 fully saturated rings. The lowest BCUT2D eigenvalue weighted by molar-refractivity contribution is -0.121. The number of carbonyl (C=O) groups excluding carboxylic acids is 1. The molecule has 1 aliphatic rings. The number of hydrogen-bond donors (Lipinski definition) is 0. The molecule has 1 saturated carbocycles. The van der Waals surface area contributed by atoms with Crippen LogP contribution in [-0.4, -0.2) is 5.78 Å². The quantitative estimate of drug-likeness (QED) is 0.611. The second-order valence-corrected chi connectivity index (χ2v) is 5.80. The number of carbonyl (C=O) groups is 1. The van der Waals surface area contributed by atoms with Crippen molar-refractivity contribution >= 4 is 5.78 Å². The summed E-state index contributed by atoms with van der Waals surface area (Å²) in [6, 6.07) is 0. The van der Waals surface area contributed by atoms with E-state index in [1.807, 2.05) is 0 Å².